The summed E-state index contributed by atoms with van der Waals surface area (Å²) in [5.41, 5.74) is 0.841. The van der Waals surface area contributed by atoms with Crippen LogP contribution in [-0.4, -0.2) is 0 Å². The zero-order valence-electron chi connectivity index (χ0n) is 9.09. The summed E-state index contributed by atoms with van der Waals surface area (Å²) in [4.78, 5) is 0. The first-order chi connectivity index (χ1) is 8.60. The van der Waals surface area contributed by atoms with Crippen LogP contribution in [-0.2, 0) is 5.33 Å². The van der Waals surface area contributed by atoms with Crippen LogP contribution in [0.1, 0.15) is 5.56 Å². The van der Waals surface area contributed by atoms with E-state index in [1.165, 1.54) is 0 Å². The van der Waals surface area contributed by atoms with Crippen molar-refractivity contribution in [1.82, 2.24) is 0 Å². The third kappa shape index (κ3) is 3.09. The molecule has 0 atom stereocenters. The second-order valence-corrected chi connectivity index (χ2v) is 5.04. The van der Waals surface area contributed by atoms with Crippen LogP contribution in [0.2, 0.25) is 0 Å². The molecule has 0 radical (unpaired) electrons. The lowest BCUT2D eigenvalue weighted by Gasteiger charge is -2.10. The zero-order valence-corrected chi connectivity index (χ0v) is 12.3. The summed E-state index contributed by atoms with van der Waals surface area (Å²) in [7, 11) is 0. The second-order valence-electron chi connectivity index (χ2n) is 3.56. The van der Waals surface area contributed by atoms with Crippen molar-refractivity contribution in [2.24, 2.45) is 0 Å². The minimum Gasteiger partial charge on any atom is -0.454 e. The van der Waals surface area contributed by atoms with Gasteiger partial charge in [-0.3, -0.25) is 0 Å². The molecule has 0 heterocycles. The van der Waals surface area contributed by atoms with Crippen molar-refractivity contribution in [1.29, 1.82) is 0 Å². The lowest BCUT2D eigenvalue weighted by molar-refractivity contribution is 0.433. The molecule has 0 aliphatic heterocycles. The Morgan fingerprint density at radius 1 is 1.00 bits per heavy atom. The van der Waals surface area contributed by atoms with Gasteiger partial charge in [0.15, 0.2) is 11.6 Å². The van der Waals surface area contributed by atoms with Gasteiger partial charge in [-0.2, -0.15) is 0 Å². The smallest absolute Gasteiger partial charge is 0.165 e. The number of ether oxygens (including phenoxy) is 1. The molecule has 0 unspecified atom stereocenters. The second kappa shape index (κ2) is 5.80. The first kappa shape index (κ1) is 13.5. The fourth-order valence-corrected chi connectivity index (χ4v) is 2.27. The molecule has 2 aromatic rings. The molecule has 0 amide bonds. The van der Waals surface area contributed by atoms with Gasteiger partial charge in [-0.05, 0) is 30.3 Å². The minimum absolute atomic E-state index is 0.125. The summed E-state index contributed by atoms with van der Waals surface area (Å²) < 4.78 is 32.8. The molecule has 0 saturated carbocycles. The van der Waals surface area contributed by atoms with Crippen LogP contribution < -0.4 is 4.74 Å². The van der Waals surface area contributed by atoms with Gasteiger partial charge >= 0.3 is 0 Å². The molecule has 0 N–H and O–H groups in total. The molecule has 0 aliphatic rings. The van der Waals surface area contributed by atoms with Crippen molar-refractivity contribution in [3.05, 3.63) is 58.1 Å². The quantitative estimate of drug-likeness (QED) is 0.649. The van der Waals surface area contributed by atoms with Gasteiger partial charge in [-0.25, -0.2) is 8.78 Å². The molecule has 18 heavy (non-hydrogen) atoms. The molecule has 0 fully saturated rings. The Kier molecular flexibility index (Phi) is 4.35. The molecule has 0 aliphatic carbocycles. The molecule has 0 saturated heterocycles. The summed E-state index contributed by atoms with van der Waals surface area (Å²) in [6.45, 7) is 0. The average molecular weight is 378 g/mol. The fourth-order valence-electron chi connectivity index (χ4n) is 1.43. The predicted molar refractivity (Wildman–Crippen MR) is 73.2 cm³/mol. The fraction of sp³-hybridized carbons (Fsp3) is 0.0769. The minimum atomic E-state index is -0.597. The van der Waals surface area contributed by atoms with Crippen LogP contribution in [0.4, 0.5) is 8.78 Å². The van der Waals surface area contributed by atoms with Crippen molar-refractivity contribution in [2.75, 3.05) is 0 Å². The van der Waals surface area contributed by atoms with Crippen LogP contribution in [0.3, 0.4) is 0 Å². The molecule has 1 nitrogen and oxygen atoms in total. The van der Waals surface area contributed by atoms with Crippen molar-refractivity contribution >= 4 is 31.9 Å². The van der Waals surface area contributed by atoms with E-state index in [4.69, 9.17) is 4.74 Å². The number of benzene rings is 2. The summed E-state index contributed by atoms with van der Waals surface area (Å²) in [6.07, 6.45) is 0. The first-order valence-electron chi connectivity index (χ1n) is 5.07. The average Bonchev–Trinajstić information content (AvgIpc) is 2.36. The van der Waals surface area contributed by atoms with E-state index in [1.807, 2.05) is 6.07 Å². The highest BCUT2D eigenvalue weighted by Crippen LogP contribution is 2.31. The number of halogens is 4. The van der Waals surface area contributed by atoms with Gasteiger partial charge in [0.1, 0.15) is 11.6 Å². The molecular formula is C13H8Br2F2O. The van der Waals surface area contributed by atoms with Crippen molar-refractivity contribution in [3.63, 3.8) is 0 Å². The summed E-state index contributed by atoms with van der Waals surface area (Å²) in [5.74, 6) is -0.775. The van der Waals surface area contributed by atoms with Gasteiger partial charge in [0.25, 0.3) is 0 Å². The molecule has 2 aromatic carbocycles. The van der Waals surface area contributed by atoms with E-state index in [2.05, 4.69) is 31.9 Å². The Morgan fingerprint density at radius 2 is 1.78 bits per heavy atom. The topological polar surface area (TPSA) is 9.23 Å². The van der Waals surface area contributed by atoms with E-state index in [9.17, 15) is 8.78 Å². The maximum Gasteiger partial charge on any atom is 0.165 e. The highest BCUT2D eigenvalue weighted by Gasteiger charge is 2.09. The molecule has 2 rings (SSSR count). The Hall–Kier alpha value is -0.940. The maximum atomic E-state index is 13.5. The van der Waals surface area contributed by atoms with E-state index in [0.717, 1.165) is 28.2 Å². The van der Waals surface area contributed by atoms with Gasteiger partial charge in [0.2, 0.25) is 0 Å². The molecule has 5 heteroatoms. The molecular weight excluding hydrogens is 370 g/mol. The van der Waals surface area contributed by atoms with Crippen LogP contribution in [0.5, 0.6) is 11.5 Å². The van der Waals surface area contributed by atoms with Crippen molar-refractivity contribution < 1.29 is 13.5 Å². The number of hydrogen-bond donors (Lipinski definition) is 0. The SMILES string of the molecule is Fc1ccc(F)c(Oc2ccc(Br)cc2CBr)c1. The number of rotatable bonds is 3. The molecule has 0 bridgehead atoms. The normalized spacial score (nSPS) is 10.4. The third-order valence-corrected chi connectivity index (χ3v) is 3.38. The third-order valence-electron chi connectivity index (χ3n) is 2.28. The van der Waals surface area contributed by atoms with E-state index in [0.29, 0.717) is 11.1 Å². The predicted octanol–water partition coefficient (Wildman–Crippen LogP) is 5.41. The van der Waals surface area contributed by atoms with Crippen molar-refractivity contribution in [3.8, 4) is 11.5 Å². The van der Waals surface area contributed by atoms with Crippen molar-refractivity contribution in [2.45, 2.75) is 5.33 Å². The van der Waals surface area contributed by atoms with E-state index in [-0.39, 0.29) is 5.75 Å². The first-order valence-corrected chi connectivity index (χ1v) is 6.99. The summed E-state index contributed by atoms with van der Waals surface area (Å²) in [6, 6.07) is 8.44. The Morgan fingerprint density at radius 3 is 2.50 bits per heavy atom. The van der Waals surface area contributed by atoms with Gasteiger partial charge in [-0.15, -0.1) is 0 Å². The lowest BCUT2D eigenvalue weighted by Crippen LogP contribution is -1.93. The zero-order chi connectivity index (χ0) is 13.1. The standard InChI is InChI=1S/C13H8Br2F2O/c14-7-8-5-9(15)1-4-12(8)18-13-6-10(16)2-3-11(13)17/h1-6H,7H2. The number of alkyl halides is 1. The van der Waals surface area contributed by atoms with E-state index < -0.39 is 11.6 Å². The lowest BCUT2D eigenvalue weighted by atomic mass is 10.2. The number of hydrogen-bond acceptors (Lipinski definition) is 1. The molecule has 0 spiro atoms. The summed E-state index contributed by atoms with van der Waals surface area (Å²) >= 11 is 6.66. The van der Waals surface area contributed by atoms with Gasteiger partial charge in [-0.1, -0.05) is 31.9 Å². The van der Waals surface area contributed by atoms with Crippen LogP contribution in [0, 0.1) is 11.6 Å². The largest absolute Gasteiger partial charge is 0.454 e. The van der Waals surface area contributed by atoms with E-state index >= 15 is 0 Å². The summed E-state index contributed by atoms with van der Waals surface area (Å²) in [5, 5.41) is 0.554. The Labute approximate surface area is 120 Å². The van der Waals surface area contributed by atoms with Gasteiger partial charge in [0.05, 0.1) is 0 Å². The maximum absolute atomic E-state index is 13.5. The molecule has 94 valence electrons. The van der Waals surface area contributed by atoms with Crippen LogP contribution in [0.15, 0.2) is 40.9 Å². The Bertz CT molecular complexity index is 573. The monoisotopic (exact) mass is 376 g/mol. The van der Waals surface area contributed by atoms with Gasteiger partial charge in [0, 0.05) is 21.4 Å². The highest BCUT2D eigenvalue weighted by atomic mass is 79.9. The van der Waals surface area contributed by atoms with Gasteiger partial charge < -0.3 is 4.74 Å². The van der Waals surface area contributed by atoms with E-state index in [1.54, 1.807) is 12.1 Å². The Balaban J connectivity index is 2.36. The van der Waals surface area contributed by atoms with Crippen LogP contribution in [0.25, 0.3) is 0 Å². The highest BCUT2D eigenvalue weighted by molar-refractivity contribution is 9.10. The van der Waals surface area contributed by atoms with Crippen LogP contribution >= 0.6 is 31.9 Å². The molecule has 0 aromatic heterocycles.